The summed E-state index contributed by atoms with van der Waals surface area (Å²) in [5, 5.41) is -6.64. The van der Waals surface area contributed by atoms with Crippen LogP contribution in [0.25, 0.3) is 0 Å². The van der Waals surface area contributed by atoms with E-state index in [1.54, 1.807) is 0 Å². The summed E-state index contributed by atoms with van der Waals surface area (Å²) in [5.74, 6) is -9.37. The molecule has 0 saturated carbocycles. The molecule has 1 aromatic carbocycles. The zero-order valence-electron chi connectivity index (χ0n) is 15.0. The summed E-state index contributed by atoms with van der Waals surface area (Å²) in [6.07, 6.45) is -5.26. The van der Waals surface area contributed by atoms with Crippen molar-refractivity contribution in [2.24, 2.45) is 0 Å². The summed E-state index contributed by atoms with van der Waals surface area (Å²) in [6, 6.07) is 5.19. The Labute approximate surface area is 162 Å². The molecular weight excluding hydrogens is 457 g/mol. The minimum Gasteiger partial charge on any atom is -0.294 e. The summed E-state index contributed by atoms with van der Waals surface area (Å²) >= 11 is 0. The Bertz CT molecular complexity index is 908. The van der Waals surface area contributed by atoms with Gasteiger partial charge in [0.25, 0.3) is 0 Å². The van der Waals surface area contributed by atoms with Crippen molar-refractivity contribution in [2.75, 3.05) is 18.3 Å². The molecule has 0 radical (unpaired) electrons. The highest BCUT2D eigenvalue weighted by molar-refractivity contribution is 8.32. The molecule has 0 spiro atoms. The van der Waals surface area contributed by atoms with Gasteiger partial charge in [-0.15, -0.1) is 10.3 Å². The number of carbonyl (C=O) groups excluding carboxylic acids is 2. The second kappa shape index (κ2) is 7.87. The summed E-state index contributed by atoms with van der Waals surface area (Å²) in [6.45, 7) is 1.12. The van der Waals surface area contributed by atoms with Gasteiger partial charge in [-0.3, -0.25) is 9.59 Å². The number of hydrogen-bond donors (Lipinski definition) is 0. The normalized spacial score (nSPS) is 14.6. The second-order valence-corrected chi connectivity index (χ2v) is 11.3. The van der Waals surface area contributed by atoms with E-state index in [0.717, 1.165) is 19.4 Å². The van der Waals surface area contributed by atoms with Crippen molar-refractivity contribution in [1.82, 2.24) is 0 Å². The first-order valence-corrected chi connectivity index (χ1v) is 11.3. The molecule has 0 unspecified atom stereocenters. The van der Waals surface area contributed by atoms with Gasteiger partial charge in [-0.1, -0.05) is 24.3 Å². The lowest BCUT2D eigenvalue weighted by atomic mass is 10.0. The average Bonchev–Trinajstić information content (AvgIpc) is 2.51. The number of halogens is 7. The Morgan fingerprint density at radius 1 is 0.931 bits per heavy atom. The molecule has 0 amide bonds. The summed E-state index contributed by atoms with van der Waals surface area (Å²) in [4.78, 5) is 23.9. The molecule has 0 saturated heterocycles. The van der Waals surface area contributed by atoms with Crippen LogP contribution in [0.2, 0.25) is 0 Å². The summed E-state index contributed by atoms with van der Waals surface area (Å²) in [5.41, 5.74) is -0.293. The maximum atomic E-state index is 13.5. The fourth-order valence-corrected chi connectivity index (χ4v) is 5.75. The predicted molar refractivity (Wildman–Crippen MR) is 91.0 cm³/mol. The molecule has 14 heteroatoms. The van der Waals surface area contributed by atoms with Crippen LogP contribution in [0.15, 0.2) is 24.3 Å². The van der Waals surface area contributed by atoms with Crippen molar-refractivity contribution in [3.05, 3.63) is 35.4 Å². The van der Waals surface area contributed by atoms with Gasteiger partial charge in [-0.25, -0.2) is 3.63 Å². The zero-order valence-corrected chi connectivity index (χ0v) is 16.7. The number of benzene rings is 1. The van der Waals surface area contributed by atoms with E-state index in [2.05, 4.69) is 3.63 Å². The third-order valence-electron chi connectivity index (χ3n) is 3.39. The highest BCUT2D eigenvalue weighted by atomic mass is 32.3. The van der Waals surface area contributed by atoms with Crippen LogP contribution in [0.3, 0.4) is 0 Å². The van der Waals surface area contributed by atoms with Crippen molar-refractivity contribution < 1.29 is 52.4 Å². The quantitative estimate of drug-likeness (QED) is 0.419. The topological polar surface area (TPSA) is 77.5 Å². The van der Waals surface area contributed by atoms with Crippen molar-refractivity contribution in [2.45, 2.75) is 24.3 Å². The molecule has 29 heavy (non-hydrogen) atoms. The standard InChI is InChI=1S/C15H15F7O5S2/c1-9(23)10-6-4-5-7-11(10)12(24)8-28(2,3)27-29(25,26)15(21,22)13(16,17)14(18,19)20/h4-7H,8H2,1-3H3. The van der Waals surface area contributed by atoms with Gasteiger partial charge >= 0.3 is 27.5 Å². The van der Waals surface area contributed by atoms with E-state index in [-0.39, 0.29) is 11.1 Å². The van der Waals surface area contributed by atoms with Crippen LogP contribution in [0, 0.1) is 0 Å². The monoisotopic (exact) mass is 472 g/mol. The largest absolute Gasteiger partial charge is 0.461 e. The van der Waals surface area contributed by atoms with Crippen molar-refractivity contribution in [1.29, 1.82) is 0 Å². The molecule has 5 nitrogen and oxygen atoms in total. The first-order chi connectivity index (χ1) is 12.8. The summed E-state index contributed by atoms with van der Waals surface area (Å²) in [7, 11) is -10.2. The SMILES string of the molecule is CC(=O)c1ccccc1C(=O)CS(C)(C)OS(=O)(=O)C(F)(F)C(F)(F)C(F)(F)F. The van der Waals surface area contributed by atoms with E-state index in [4.69, 9.17) is 0 Å². The van der Waals surface area contributed by atoms with Crippen LogP contribution >= 0.6 is 10.3 Å². The third kappa shape index (κ3) is 5.09. The van der Waals surface area contributed by atoms with Crippen LogP contribution in [0.1, 0.15) is 27.6 Å². The lowest BCUT2D eigenvalue weighted by Crippen LogP contribution is -2.56. The van der Waals surface area contributed by atoms with Crippen molar-refractivity contribution in [3.63, 3.8) is 0 Å². The van der Waals surface area contributed by atoms with E-state index >= 15 is 0 Å². The molecule has 1 rings (SSSR count). The van der Waals surface area contributed by atoms with Crippen molar-refractivity contribution in [3.8, 4) is 0 Å². The number of rotatable bonds is 8. The molecule has 0 aliphatic carbocycles. The molecule has 0 fully saturated rings. The molecule has 166 valence electrons. The minimum absolute atomic E-state index is 0.0792. The van der Waals surface area contributed by atoms with E-state index in [9.17, 15) is 48.7 Å². The fraction of sp³-hybridized carbons (Fsp3) is 0.467. The lowest BCUT2D eigenvalue weighted by molar-refractivity contribution is -0.333. The van der Waals surface area contributed by atoms with Gasteiger partial charge in [0, 0.05) is 11.1 Å². The number of alkyl halides is 7. The highest BCUT2D eigenvalue weighted by Crippen LogP contribution is 2.53. The Hall–Kier alpha value is -1.67. The highest BCUT2D eigenvalue weighted by Gasteiger charge is 2.79. The van der Waals surface area contributed by atoms with E-state index < -0.39 is 55.1 Å². The van der Waals surface area contributed by atoms with Gasteiger partial charge in [0.15, 0.2) is 11.6 Å². The van der Waals surface area contributed by atoms with Crippen molar-refractivity contribution >= 4 is 32.0 Å². The van der Waals surface area contributed by atoms with Gasteiger partial charge in [-0.05, 0) is 19.4 Å². The van der Waals surface area contributed by atoms with Gasteiger partial charge < -0.3 is 0 Å². The first kappa shape index (κ1) is 25.4. The number of ketones is 2. The van der Waals surface area contributed by atoms with Crippen LogP contribution in [0.5, 0.6) is 0 Å². The van der Waals surface area contributed by atoms with Crippen LogP contribution in [-0.2, 0) is 13.7 Å². The molecule has 0 aromatic heterocycles. The van der Waals surface area contributed by atoms with Crippen LogP contribution in [-0.4, -0.2) is 55.6 Å². The molecule has 0 aliphatic rings. The maximum Gasteiger partial charge on any atom is 0.461 e. The maximum absolute atomic E-state index is 13.5. The second-order valence-electron chi connectivity index (χ2n) is 6.22. The molecular formula is C15H15F7O5S2. The van der Waals surface area contributed by atoms with Gasteiger partial charge in [-0.2, -0.15) is 39.2 Å². The lowest BCUT2D eigenvalue weighted by Gasteiger charge is -2.33. The molecule has 0 bridgehead atoms. The van der Waals surface area contributed by atoms with E-state index in [1.807, 2.05) is 0 Å². The van der Waals surface area contributed by atoms with Crippen LogP contribution < -0.4 is 0 Å². The summed E-state index contributed by atoms with van der Waals surface area (Å²) < 4.78 is 117. The average molecular weight is 472 g/mol. The van der Waals surface area contributed by atoms with Crippen LogP contribution in [0.4, 0.5) is 30.7 Å². The predicted octanol–water partition coefficient (Wildman–Crippen LogP) is 4.19. The molecule has 1 aromatic rings. The molecule has 0 heterocycles. The Morgan fingerprint density at radius 2 is 1.38 bits per heavy atom. The Kier molecular flexibility index (Phi) is 6.88. The molecule has 0 atom stereocenters. The number of Topliss-reactive ketones (excluding diaryl/α,β-unsaturated/α-hetero) is 2. The molecule has 0 aliphatic heterocycles. The van der Waals surface area contributed by atoms with E-state index in [1.165, 1.54) is 24.3 Å². The zero-order chi connectivity index (χ0) is 23.1. The first-order valence-electron chi connectivity index (χ1n) is 7.39. The Balaban J connectivity index is 3.20. The number of hydrogen-bond acceptors (Lipinski definition) is 5. The fourth-order valence-electron chi connectivity index (χ4n) is 2.06. The van der Waals surface area contributed by atoms with E-state index in [0.29, 0.717) is 0 Å². The smallest absolute Gasteiger partial charge is 0.294 e. The third-order valence-corrected chi connectivity index (χ3v) is 7.43. The number of carbonyl (C=O) groups is 2. The Morgan fingerprint density at radius 3 is 1.79 bits per heavy atom. The molecule has 0 N–H and O–H groups in total. The van der Waals surface area contributed by atoms with Gasteiger partial charge in [0.05, 0.1) is 5.75 Å². The van der Waals surface area contributed by atoms with Gasteiger partial charge in [0.2, 0.25) is 0 Å². The minimum atomic E-state index is -6.93. The van der Waals surface area contributed by atoms with Gasteiger partial charge in [0.1, 0.15) is 0 Å².